The number of hydrogen-bond donors (Lipinski definition) is 0. The minimum atomic E-state index is 0.0266. The Bertz CT molecular complexity index is 350. The monoisotopic (exact) mass is 172 g/mol. The van der Waals surface area contributed by atoms with Crippen molar-refractivity contribution >= 4 is 0 Å². The molecular weight excluding hydrogens is 158 g/mol. The van der Waals surface area contributed by atoms with Crippen LogP contribution in [0.15, 0.2) is 18.2 Å². The molecule has 0 spiro atoms. The first-order valence-corrected chi connectivity index (χ1v) is 4.32. The molecule has 0 atom stereocenters. The SMILES string of the molecule is [CH2]c1ccc(C(C)(C)C)c(C#N)c1. The smallest absolute Gasteiger partial charge is 0.0994 e. The maximum atomic E-state index is 8.93. The van der Waals surface area contributed by atoms with Gasteiger partial charge in [-0.25, -0.2) is 0 Å². The van der Waals surface area contributed by atoms with E-state index in [2.05, 4.69) is 33.8 Å². The van der Waals surface area contributed by atoms with E-state index in [1.54, 1.807) is 0 Å². The van der Waals surface area contributed by atoms with Crippen molar-refractivity contribution in [2.75, 3.05) is 0 Å². The van der Waals surface area contributed by atoms with Crippen molar-refractivity contribution in [2.45, 2.75) is 26.2 Å². The first kappa shape index (κ1) is 9.80. The summed E-state index contributed by atoms with van der Waals surface area (Å²) in [5.74, 6) is 0. The zero-order valence-corrected chi connectivity index (χ0v) is 8.39. The van der Waals surface area contributed by atoms with Gasteiger partial charge in [-0.1, -0.05) is 32.9 Å². The molecule has 1 aromatic rings. The molecule has 0 aliphatic rings. The molecule has 1 rings (SSSR count). The molecule has 0 unspecified atom stereocenters. The maximum absolute atomic E-state index is 8.93. The molecule has 0 N–H and O–H groups in total. The average Bonchev–Trinajstić information content (AvgIpc) is 2.01. The molecule has 0 amide bonds. The number of nitriles is 1. The first-order chi connectivity index (χ1) is 5.95. The molecule has 0 fully saturated rings. The Morgan fingerprint density at radius 1 is 1.31 bits per heavy atom. The van der Waals surface area contributed by atoms with Gasteiger partial charge in [0.25, 0.3) is 0 Å². The van der Waals surface area contributed by atoms with Gasteiger partial charge in [-0.3, -0.25) is 0 Å². The van der Waals surface area contributed by atoms with Crippen LogP contribution in [0.5, 0.6) is 0 Å². The summed E-state index contributed by atoms with van der Waals surface area (Å²) in [6.45, 7) is 10.1. The fourth-order valence-electron chi connectivity index (χ4n) is 1.34. The Morgan fingerprint density at radius 2 is 1.92 bits per heavy atom. The minimum Gasteiger partial charge on any atom is -0.192 e. The highest BCUT2D eigenvalue weighted by Gasteiger charge is 2.17. The molecule has 1 radical (unpaired) electrons. The maximum Gasteiger partial charge on any atom is 0.0994 e. The van der Waals surface area contributed by atoms with Gasteiger partial charge in [-0.05, 0) is 29.5 Å². The van der Waals surface area contributed by atoms with Crippen molar-refractivity contribution < 1.29 is 0 Å². The van der Waals surface area contributed by atoms with Gasteiger partial charge in [0.05, 0.1) is 11.6 Å². The number of rotatable bonds is 0. The van der Waals surface area contributed by atoms with E-state index in [4.69, 9.17) is 5.26 Å². The molecule has 67 valence electrons. The largest absolute Gasteiger partial charge is 0.192 e. The summed E-state index contributed by atoms with van der Waals surface area (Å²) in [6, 6.07) is 7.97. The zero-order valence-electron chi connectivity index (χ0n) is 8.39. The second-order valence-corrected chi connectivity index (χ2v) is 4.24. The third-order valence-electron chi connectivity index (χ3n) is 2.01. The lowest BCUT2D eigenvalue weighted by Crippen LogP contribution is -2.13. The minimum absolute atomic E-state index is 0.0266. The van der Waals surface area contributed by atoms with Gasteiger partial charge >= 0.3 is 0 Å². The average molecular weight is 172 g/mol. The second-order valence-electron chi connectivity index (χ2n) is 4.24. The predicted octanol–water partition coefficient (Wildman–Crippen LogP) is 3.04. The van der Waals surface area contributed by atoms with Crippen LogP contribution in [0.1, 0.15) is 37.5 Å². The quantitative estimate of drug-likeness (QED) is 0.590. The van der Waals surface area contributed by atoms with Crippen molar-refractivity contribution in [3.63, 3.8) is 0 Å². The van der Waals surface area contributed by atoms with Crippen LogP contribution < -0.4 is 0 Å². The standard InChI is InChI=1S/C12H14N/c1-9-5-6-11(12(2,3)4)10(7-9)8-13/h5-7H,1H2,2-4H3. The summed E-state index contributed by atoms with van der Waals surface area (Å²) >= 11 is 0. The Labute approximate surface area is 80.0 Å². The van der Waals surface area contributed by atoms with E-state index in [9.17, 15) is 0 Å². The molecule has 1 heteroatoms. The molecule has 0 bridgehead atoms. The highest BCUT2D eigenvalue weighted by molar-refractivity contribution is 5.44. The second kappa shape index (κ2) is 3.22. The fourth-order valence-corrected chi connectivity index (χ4v) is 1.34. The normalized spacial score (nSPS) is 11.0. The van der Waals surface area contributed by atoms with E-state index in [1.807, 2.05) is 18.2 Å². The van der Waals surface area contributed by atoms with E-state index in [0.29, 0.717) is 0 Å². The molecule has 0 aromatic heterocycles. The Balaban J connectivity index is 3.32. The van der Waals surface area contributed by atoms with Crippen LogP contribution in [0.4, 0.5) is 0 Å². The van der Waals surface area contributed by atoms with Crippen LogP contribution in [0.2, 0.25) is 0 Å². The first-order valence-electron chi connectivity index (χ1n) is 4.32. The molecule has 1 nitrogen and oxygen atoms in total. The summed E-state index contributed by atoms with van der Waals surface area (Å²) in [4.78, 5) is 0. The molecule has 0 aliphatic carbocycles. The molecule has 0 heterocycles. The topological polar surface area (TPSA) is 23.8 Å². The van der Waals surface area contributed by atoms with Crippen molar-refractivity contribution in [2.24, 2.45) is 0 Å². The van der Waals surface area contributed by atoms with Crippen LogP contribution in [-0.2, 0) is 5.41 Å². The predicted molar refractivity (Wildman–Crippen MR) is 54.3 cm³/mol. The number of nitrogens with zero attached hydrogens (tertiary/aromatic N) is 1. The highest BCUT2D eigenvalue weighted by atomic mass is 14.3. The van der Waals surface area contributed by atoms with Gasteiger partial charge in [-0.15, -0.1) is 0 Å². The van der Waals surface area contributed by atoms with Crippen molar-refractivity contribution in [1.29, 1.82) is 5.26 Å². The van der Waals surface area contributed by atoms with Crippen molar-refractivity contribution in [3.05, 3.63) is 41.8 Å². The number of benzene rings is 1. The third-order valence-corrected chi connectivity index (χ3v) is 2.01. The van der Waals surface area contributed by atoms with Gasteiger partial charge in [-0.2, -0.15) is 5.26 Å². The molecular formula is C12H14N. The van der Waals surface area contributed by atoms with E-state index >= 15 is 0 Å². The summed E-state index contributed by atoms with van der Waals surface area (Å²) in [5.41, 5.74) is 2.74. The summed E-state index contributed by atoms with van der Waals surface area (Å²) in [7, 11) is 0. The van der Waals surface area contributed by atoms with E-state index in [-0.39, 0.29) is 5.41 Å². The van der Waals surface area contributed by atoms with Gasteiger partial charge < -0.3 is 0 Å². The van der Waals surface area contributed by atoms with Crippen LogP contribution in [0.3, 0.4) is 0 Å². The van der Waals surface area contributed by atoms with Crippen LogP contribution in [0, 0.1) is 18.3 Å². The lowest BCUT2D eigenvalue weighted by Gasteiger charge is -2.20. The van der Waals surface area contributed by atoms with Gasteiger partial charge in [0, 0.05) is 0 Å². The van der Waals surface area contributed by atoms with E-state index < -0.39 is 0 Å². The van der Waals surface area contributed by atoms with Crippen LogP contribution >= 0.6 is 0 Å². The van der Waals surface area contributed by atoms with Crippen molar-refractivity contribution in [3.8, 4) is 6.07 Å². The van der Waals surface area contributed by atoms with E-state index in [1.165, 1.54) is 0 Å². The lowest BCUT2D eigenvalue weighted by atomic mass is 9.83. The van der Waals surface area contributed by atoms with Crippen molar-refractivity contribution in [1.82, 2.24) is 0 Å². The molecule has 0 saturated heterocycles. The Hall–Kier alpha value is -1.29. The molecule has 1 aromatic carbocycles. The fraction of sp³-hybridized carbons (Fsp3) is 0.333. The van der Waals surface area contributed by atoms with Crippen LogP contribution in [0.25, 0.3) is 0 Å². The number of hydrogen-bond acceptors (Lipinski definition) is 1. The Morgan fingerprint density at radius 3 is 2.38 bits per heavy atom. The summed E-state index contributed by atoms with van der Waals surface area (Å²) in [5, 5.41) is 8.93. The zero-order chi connectivity index (χ0) is 10.1. The lowest BCUT2D eigenvalue weighted by molar-refractivity contribution is 0.588. The van der Waals surface area contributed by atoms with Gasteiger partial charge in [0.1, 0.15) is 0 Å². The van der Waals surface area contributed by atoms with Gasteiger partial charge in [0.2, 0.25) is 0 Å². The highest BCUT2D eigenvalue weighted by Crippen LogP contribution is 2.25. The molecule has 0 aliphatic heterocycles. The summed E-state index contributed by atoms with van der Waals surface area (Å²) in [6.07, 6.45) is 0. The van der Waals surface area contributed by atoms with Crippen LogP contribution in [-0.4, -0.2) is 0 Å². The Kier molecular flexibility index (Phi) is 2.43. The van der Waals surface area contributed by atoms with E-state index in [0.717, 1.165) is 16.7 Å². The molecule has 13 heavy (non-hydrogen) atoms. The third kappa shape index (κ3) is 2.09. The molecule has 0 saturated carbocycles. The van der Waals surface area contributed by atoms with Gasteiger partial charge in [0.15, 0.2) is 0 Å². The summed E-state index contributed by atoms with van der Waals surface area (Å²) < 4.78 is 0.